The monoisotopic (exact) mass is 259 g/mol. The molecule has 0 amide bonds. The lowest BCUT2D eigenvalue weighted by molar-refractivity contribution is 0.121. The summed E-state index contributed by atoms with van der Waals surface area (Å²) in [6.07, 6.45) is 1.38. The fraction of sp³-hybridized carbons (Fsp3) is 0.500. The van der Waals surface area contributed by atoms with Crippen molar-refractivity contribution in [3.8, 4) is 0 Å². The van der Waals surface area contributed by atoms with Gasteiger partial charge in [0.2, 0.25) is 0 Å². The lowest BCUT2D eigenvalue weighted by atomic mass is 10.2. The smallest absolute Gasteiger partial charge is 0.0762 e. The maximum atomic E-state index is 6.24. The van der Waals surface area contributed by atoms with Crippen molar-refractivity contribution in [2.24, 2.45) is 0 Å². The third-order valence-corrected chi connectivity index (χ3v) is 3.60. The van der Waals surface area contributed by atoms with Crippen molar-refractivity contribution in [3.05, 3.63) is 28.8 Å². The average molecular weight is 260 g/mol. The third kappa shape index (κ3) is 2.45. The summed E-state index contributed by atoms with van der Waals surface area (Å²) >= 11 is 12.0. The maximum absolute atomic E-state index is 6.24. The normalized spacial score (nSPS) is 20.4. The van der Waals surface area contributed by atoms with Crippen LogP contribution in [0.25, 0.3) is 0 Å². The summed E-state index contributed by atoms with van der Waals surface area (Å²) in [4.78, 5) is 2.26. The van der Waals surface area contributed by atoms with Gasteiger partial charge in [-0.3, -0.25) is 0 Å². The topological polar surface area (TPSA) is 12.5 Å². The lowest BCUT2D eigenvalue weighted by Crippen LogP contribution is -2.22. The molecule has 0 aromatic heterocycles. The first-order chi connectivity index (χ1) is 7.74. The first kappa shape index (κ1) is 12.0. The molecule has 88 valence electrons. The number of hydrogen-bond acceptors (Lipinski definition) is 2. The van der Waals surface area contributed by atoms with E-state index in [9.17, 15) is 0 Å². The largest absolute Gasteiger partial charge is 0.380 e. The number of rotatable bonds is 3. The number of ether oxygens (including phenoxy) is 1. The van der Waals surface area contributed by atoms with E-state index >= 15 is 0 Å². The Bertz CT molecular complexity index is 370. The van der Waals surface area contributed by atoms with E-state index in [2.05, 4.69) is 4.90 Å². The van der Waals surface area contributed by atoms with Crippen LogP contribution in [0.15, 0.2) is 18.2 Å². The molecule has 2 nitrogen and oxygen atoms in total. The molecule has 0 radical (unpaired) electrons. The molecule has 0 spiro atoms. The van der Waals surface area contributed by atoms with Gasteiger partial charge in [0.1, 0.15) is 0 Å². The Balaban J connectivity index is 2.15. The number of anilines is 1. The van der Waals surface area contributed by atoms with Crippen LogP contribution in [0.4, 0.5) is 5.69 Å². The minimum absolute atomic E-state index is 0.323. The maximum Gasteiger partial charge on any atom is 0.0762 e. The van der Waals surface area contributed by atoms with Crippen molar-refractivity contribution in [2.45, 2.75) is 18.4 Å². The summed E-state index contributed by atoms with van der Waals surface area (Å²) in [5, 5.41) is 0.773. The summed E-state index contributed by atoms with van der Waals surface area (Å²) in [7, 11) is 1.76. The highest BCUT2D eigenvalue weighted by atomic mass is 35.5. The van der Waals surface area contributed by atoms with Gasteiger partial charge in [-0.1, -0.05) is 17.7 Å². The number of alkyl halides is 1. The molecule has 1 aliphatic heterocycles. The van der Waals surface area contributed by atoms with Crippen LogP contribution in [0, 0.1) is 0 Å². The number of methoxy groups -OCH3 is 1. The summed E-state index contributed by atoms with van der Waals surface area (Å²) in [5.41, 5.74) is 2.13. The summed E-state index contributed by atoms with van der Waals surface area (Å²) in [6, 6.07) is 6.00. The van der Waals surface area contributed by atoms with Crippen molar-refractivity contribution in [1.82, 2.24) is 0 Å². The Hall–Kier alpha value is -0.440. The molecule has 0 N–H and O–H groups in total. The standard InChI is InChI=1S/C12H15Cl2NO/c1-16-10-4-5-15(8-10)12-3-2-9(7-13)6-11(12)14/h2-3,6,10H,4-5,7-8H2,1H3. The van der Waals surface area contributed by atoms with E-state index in [1.165, 1.54) is 0 Å². The molecule has 0 bridgehead atoms. The summed E-state index contributed by atoms with van der Waals surface area (Å²) in [6.45, 7) is 1.91. The Morgan fingerprint density at radius 2 is 2.31 bits per heavy atom. The van der Waals surface area contributed by atoms with Gasteiger partial charge in [0.25, 0.3) is 0 Å². The van der Waals surface area contributed by atoms with E-state index < -0.39 is 0 Å². The number of hydrogen-bond donors (Lipinski definition) is 0. The molecule has 1 atom stereocenters. The van der Waals surface area contributed by atoms with Gasteiger partial charge >= 0.3 is 0 Å². The van der Waals surface area contributed by atoms with Gasteiger partial charge in [0.05, 0.1) is 16.8 Å². The highest BCUT2D eigenvalue weighted by Gasteiger charge is 2.23. The average Bonchev–Trinajstić information content (AvgIpc) is 2.77. The molecule has 1 aliphatic rings. The lowest BCUT2D eigenvalue weighted by Gasteiger charge is -2.20. The zero-order chi connectivity index (χ0) is 11.5. The van der Waals surface area contributed by atoms with E-state index in [0.717, 1.165) is 35.8 Å². The fourth-order valence-electron chi connectivity index (χ4n) is 2.03. The van der Waals surface area contributed by atoms with Crippen molar-refractivity contribution >= 4 is 28.9 Å². The van der Waals surface area contributed by atoms with Crippen molar-refractivity contribution in [3.63, 3.8) is 0 Å². The van der Waals surface area contributed by atoms with Gasteiger partial charge in [0.15, 0.2) is 0 Å². The predicted octanol–water partition coefficient (Wildman–Crippen LogP) is 3.30. The molecule has 16 heavy (non-hydrogen) atoms. The van der Waals surface area contributed by atoms with E-state index in [1.54, 1.807) is 7.11 Å². The minimum Gasteiger partial charge on any atom is -0.380 e. The van der Waals surface area contributed by atoms with Crippen LogP contribution in [0.2, 0.25) is 5.02 Å². The van der Waals surface area contributed by atoms with Crippen LogP contribution >= 0.6 is 23.2 Å². The van der Waals surface area contributed by atoms with Crippen LogP contribution in [-0.2, 0) is 10.6 Å². The Morgan fingerprint density at radius 1 is 1.50 bits per heavy atom. The molecule has 2 rings (SSSR count). The second-order valence-electron chi connectivity index (χ2n) is 4.01. The highest BCUT2D eigenvalue weighted by Crippen LogP contribution is 2.30. The molecule has 1 aromatic rings. The zero-order valence-electron chi connectivity index (χ0n) is 9.25. The van der Waals surface area contributed by atoms with Crippen molar-refractivity contribution in [2.75, 3.05) is 25.1 Å². The zero-order valence-corrected chi connectivity index (χ0v) is 10.8. The van der Waals surface area contributed by atoms with Crippen molar-refractivity contribution in [1.29, 1.82) is 0 Å². The first-order valence-electron chi connectivity index (χ1n) is 5.36. The second-order valence-corrected chi connectivity index (χ2v) is 4.69. The van der Waals surface area contributed by atoms with E-state index in [0.29, 0.717) is 12.0 Å². The number of nitrogens with zero attached hydrogens (tertiary/aromatic N) is 1. The predicted molar refractivity (Wildman–Crippen MR) is 68.6 cm³/mol. The van der Waals surface area contributed by atoms with Gasteiger partial charge in [-0.15, -0.1) is 11.6 Å². The van der Waals surface area contributed by atoms with Crippen LogP contribution in [-0.4, -0.2) is 26.3 Å². The summed E-state index contributed by atoms with van der Waals surface area (Å²) < 4.78 is 5.34. The second kappa shape index (κ2) is 5.26. The van der Waals surface area contributed by atoms with Crippen LogP contribution in [0.5, 0.6) is 0 Å². The van der Waals surface area contributed by atoms with Crippen molar-refractivity contribution < 1.29 is 4.74 Å². The third-order valence-electron chi connectivity index (χ3n) is 2.99. The Morgan fingerprint density at radius 3 is 2.88 bits per heavy atom. The molecule has 1 unspecified atom stereocenters. The van der Waals surface area contributed by atoms with Gasteiger partial charge in [-0.05, 0) is 24.1 Å². The van der Waals surface area contributed by atoms with E-state index in [1.807, 2.05) is 18.2 Å². The summed E-state index contributed by atoms with van der Waals surface area (Å²) in [5.74, 6) is 0.501. The molecule has 1 heterocycles. The molecule has 4 heteroatoms. The molecular formula is C12H15Cl2NO. The molecule has 1 fully saturated rings. The Labute approximate surface area is 106 Å². The molecular weight excluding hydrogens is 245 g/mol. The van der Waals surface area contributed by atoms with E-state index in [-0.39, 0.29) is 0 Å². The van der Waals surface area contributed by atoms with Crippen LogP contribution in [0.1, 0.15) is 12.0 Å². The fourth-order valence-corrected chi connectivity index (χ4v) is 2.52. The quantitative estimate of drug-likeness (QED) is 0.773. The molecule has 1 saturated heterocycles. The number of benzene rings is 1. The van der Waals surface area contributed by atoms with Gasteiger partial charge in [0, 0.05) is 26.1 Å². The number of halogens is 2. The SMILES string of the molecule is COC1CCN(c2ccc(CCl)cc2Cl)C1. The minimum atomic E-state index is 0.323. The highest BCUT2D eigenvalue weighted by molar-refractivity contribution is 6.33. The molecule has 0 saturated carbocycles. The molecule has 0 aliphatic carbocycles. The van der Waals surface area contributed by atoms with Crippen LogP contribution in [0.3, 0.4) is 0 Å². The van der Waals surface area contributed by atoms with Crippen LogP contribution < -0.4 is 4.90 Å². The first-order valence-corrected chi connectivity index (χ1v) is 6.28. The molecule has 1 aromatic carbocycles. The Kier molecular flexibility index (Phi) is 3.95. The van der Waals surface area contributed by atoms with Gasteiger partial charge in [-0.25, -0.2) is 0 Å². The van der Waals surface area contributed by atoms with Gasteiger partial charge in [-0.2, -0.15) is 0 Å². The van der Waals surface area contributed by atoms with E-state index in [4.69, 9.17) is 27.9 Å². The van der Waals surface area contributed by atoms with Gasteiger partial charge < -0.3 is 9.64 Å².